The quantitative estimate of drug-likeness (QED) is 0.784. The summed E-state index contributed by atoms with van der Waals surface area (Å²) in [7, 11) is 0. The number of nitrogens with one attached hydrogen (secondary N) is 1. The molecule has 0 unspecified atom stereocenters. The average molecular weight is 331 g/mol. The smallest absolute Gasteiger partial charge is 0.178 e. The van der Waals surface area contributed by atoms with Crippen molar-refractivity contribution >= 4 is 46.6 Å². The van der Waals surface area contributed by atoms with Gasteiger partial charge in [0.15, 0.2) is 4.77 Å². The van der Waals surface area contributed by atoms with Gasteiger partial charge in [0.25, 0.3) is 0 Å². The topological polar surface area (TPSA) is 20.7 Å². The minimum absolute atomic E-state index is 0.126. The van der Waals surface area contributed by atoms with Crippen LogP contribution in [-0.4, -0.2) is 20.6 Å². The fourth-order valence-electron chi connectivity index (χ4n) is 3.04. The summed E-state index contributed by atoms with van der Waals surface area (Å²) < 4.78 is 16.6. The van der Waals surface area contributed by atoms with Crippen LogP contribution in [0, 0.1) is 10.6 Å². The summed E-state index contributed by atoms with van der Waals surface area (Å²) in [4.78, 5) is 3.13. The maximum absolute atomic E-state index is 13.7. The number of benzene rings is 1. The number of nitrogens with zero attached hydrogens (tertiary/aromatic N) is 1. The number of hydrogen-bond donors (Lipinski definition) is 1. The highest BCUT2D eigenvalue weighted by Crippen LogP contribution is 2.42. The number of H-pyrrole nitrogens is 1. The van der Waals surface area contributed by atoms with Crippen LogP contribution in [0.4, 0.5) is 4.39 Å². The van der Waals surface area contributed by atoms with E-state index in [4.69, 9.17) is 23.8 Å². The van der Waals surface area contributed by atoms with Crippen molar-refractivity contribution in [2.45, 2.75) is 37.0 Å². The standard InChI is InChI=1S/C14H16ClFN2S2/c1-20-14(4-2-3-5-14)8-18-12-7-10(16)9(15)6-11(12)17-13(18)19/h6-7H,2-5,8H2,1H3,(H,17,19). The predicted octanol–water partition coefficient (Wildman–Crippen LogP) is 5.17. The largest absolute Gasteiger partial charge is 0.331 e. The highest BCUT2D eigenvalue weighted by Gasteiger charge is 2.34. The van der Waals surface area contributed by atoms with Crippen molar-refractivity contribution in [2.24, 2.45) is 0 Å². The van der Waals surface area contributed by atoms with Gasteiger partial charge in [0.2, 0.25) is 0 Å². The molecule has 3 rings (SSSR count). The summed E-state index contributed by atoms with van der Waals surface area (Å²) in [6.07, 6.45) is 7.06. The highest BCUT2D eigenvalue weighted by molar-refractivity contribution is 8.00. The van der Waals surface area contributed by atoms with E-state index < -0.39 is 5.82 Å². The second kappa shape index (κ2) is 5.35. The number of thioether (sulfide) groups is 1. The third kappa shape index (κ3) is 2.40. The van der Waals surface area contributed by atoms with Crippen molar-refractivity contribution in [1.82, 2.24) is 9.55 Å². The third-order valence-corrected chi connectivity index (χ3v) is 6.23. The van der Waals surface area contributed by atoms with E-state index in [0.717, 1.165) is 17.6 Å². The van der Waals surface area contributed by atoms with Crippen LogP contribution in [-0.2, 0) is 6.54 Å². The molecule has 0 amide bonds. The van der Waals surface area contributed by atoms with Gasteiger partial charge in [-0.05, 0) is 37.4 Å². The summed E-state index contributed by atoms with van der Waals surface area (Å²) in [5, 5.41) is 0.126. The monoisotopic (exact) mass is 330 g/mol. The molecule has 0 radical (unpaired) electrons. The number of fused-ring (bicyclic) bond motifs is 1. The Morgan fingerprint density at radius 3 is 2.80 bits per heavy atom. The zero-order valence-corrected chi connectivity index (χ0v) is 13.6. The Morgan fingerprint density at radius 2 is 2.15 bits per heavy atom. The van der Waals surface area contributed by atoms with Gasteiger partial charge in [0.1, 0.15) is 5.82 Å². The Morgan fingerprint density at radius 1 is 1.45 bits per heavy atom. The molecule has 6 heteroatoms. The molecule has 0 spiro atoms. The molecule has 2 nitrogen and oxygen atoms in total. The van der Waals surface area contributed by atoms with Crippen molar-refractivity contribution in [3.05, 3.63) is 27.7 Å². The third-order valence-electron chi connectivity index (χ3n) is 4.21. The maximum Gasteiger partial charge on any atom is 0.178 e. The summed E-state index contributed by atoms with van der Waals surface area (Å²) in [5.74, 6) is -0.397. The predicted molar refractivity (Wildman–Crippen MR) is 86.8 cm³/mol. The Hall–Kier alpha value is -0.520. The number of aromatic amines is 1. The zero-order chi connectivity index (χ0) is 14.3. The van der Waals surface area contributed by atoms with Crippen LogP contribution in [0.3, 0.4) is 0 Å². The first-order valence-electron chi connectivity index (χ1n) is 6.67. The van der Waals surface area contributed by atoms with E-state index in [-0.39, 0.29) is 9.77 Å². The van der Waals surface area contributed by atoms with Gasteiger partial charge in [-0.1, -0.05) is 24.4 Å². The molecule has 1 aliphatic carbocycles. The normalized spacial score (nSPS) is 17.9. The van der Waals surface area contributed by atoms with E-state index in [2.05, 4.69) is 11.2 Å². The fourth-order valence-corrected chi connectivity index (χ4v) is 4.43. The molecule has 1 N–H and O–H groups in total. The van der Waals surface area contributed by atoms with E-state index >= 15 is 0 Å². The lowest BCUT2D eigenvalue weighted by atomic mass is 10.1. The molecule has 0 atom stereocenters. The molecule has 1 heterocycles. The second-order valence-electron chi connectivity index (χ2n) is 5.39. The summed E-state index contributed by atoms with van der Waals surface area (Å²) >= 11 is 13.1. The molecule has 0 aliphatic heterocycles. The van der Waals surface area contributed by atoms with Gasteiger partial charge in [0, 0.05) is 17.4 Å². The second-order valence-corrected chi connectivity index (χ2v) is 7.46. The van der Waals surface area contributed by atoms with Crippen molar-refractivity contribution in [1.29, 1.82) is 0 Å². The van der Waals surface area contributed by atoms with Crippen LogP contribution >= 0.6 is 35.6 Å². The molecular formula is C14H16ClFN2S2. The van der Waals surface area contributed by atoms with E-state index in [9.17, 15) is 4.39 Å². The average Bonchev–Trinajstić information content (AvgIpc) is 2.99. The van der Waals surface area contributed by atoms with Crippen molar-refractivity contribution < 1.29 is 4.39 Å². The lowest BCUT2D eigenvalue weighted by Gasteiger charge is -2.27. The van der Waals surface area contributed by atoms with E-state index in [1.807, 2.05) is 16.3 Å². The first kappa shape index (κ1) is 14.4. The van der Waals surface area contributed by atoms with Crippen LogP contribution in [0.25, 0.3) is 11.0 Å². The van der Waals surface area contributed by atoms with Gasteiger partial charge in [-0.2, -0.15) is 11.8 Å². The molecule has 1 aliphatic rings. The first-order chi connectivity index (χ1) is 9.54. The molecular weight excluding hydrogens is 315 g/mol. The molecule has 1 fully saturated rings. The van der Waals surface area contributed by atoms with Gasteiger partial charge in [-0.25, -0.2) is 4.39 Å². The molecule has 108 valence electrons. The Labute approximate surface area is 131 Å². The number of hydrogen-bond acceptors (Lipinski definition) is 2. The zero-order valence-electron chi connectivity index (χ0n) is 11.2. The molecule has 0 saturated heterocycles. The molecule has 1 aromatic heterocycles. The Balaban J connectivity index is 2.09. The van der Waals surface area contributed by atoms with Crippen molar-refractivity contribution in [3.8, 4) is 0 Å². The Bertz CT molecular complexity index is 701. The highest BCUT2D eigenvalue weighted by atomic mass is 35.5. The number of rotatable bonds is 3. The van der Waals surface area contributed by atoms with E-state index in [0.29, 0.717) is 4.77 Å². The van der Waals surface area contributed by atoms with Crippen LogP contribution in [0.1, 0.15) is 25.7 Å². The van der Waals surface area contributed by atoms with Crippen LogP contribution < -0.4 is 0 Å². The molecule has 2 aromatic rings. The van der Waals surface area contributed by atoms with Crippen LogP contribution in [0.5, 0.6) is 0 Å². The van der Waals surface area contributed by atoms with Crippen molar-refractivity contribution in [3.63, 3.8) is 0 Å². The van der Waals surface area contributed by atoms with Gasteiger partial charge in [-0.3, -0.25) is 0 Å². The van der Waals surface area contributed by atoms with Crippen LogP contribution in [0.2, 0.25) is 5.02 Å². The minimum Gasteiger partial charge on any atom is -0.331 e. The van der Waals surface area contributed by atoms with E-state index in [1.54, 1.807) is 6.07 Å². The Kier molecular flexibility index (Phi) is 3.86. The number of aromatic nitrogens is 2. The number of halogens is 2. The molecule has 1 saturated carbocycles. The summed E-state index contributed by atoms with van der Waals surface area (Å²) in [6.45, 7) is 0.827. The van der Waals surface area contributed by atoms with Crippen molar-refractivity contribution in [2.75, 3.05) is 6.26 Å². The van der Waals surface area contributed by atoms with Gasteiger partial charge < -0.3 is 9.55 Å². The molecule has 0 bridgehead atoms. The lowest BCUT2D eigenvalue weighted by Crippen LogP contribution is -2.26. The maximum atomic E-state index is 13.7. The SMILES string of the molecule is CSC1(Cn2c(=S)[nH]c3cc(Cl)c(F)cc32)CCCC1. The van der Waals surface area contributed by atoms with Gasteiger partial charge in [0.05, 0.1) is 16.1 Å². The number of imidazole rings is 1. The molecule has 1 aromatic carbocycles. The van der Waals surface area contributed by atoms with E-state index in [1.165, 1.54) is 31.7 Å². The molecule has 20 heavy (non-hydrogen) atoms. The summed E-state index contributed by atoms with van der Waals surface area (Å²) in [5.41, 5.74) is 1.60. The fraction of sp³-hybridized carbons (Fsp3) is 0.500. The minimum atomic E-state index is -0.397. The van der Waals surface area contributed by atoms with Gasteiger partial charge in [-0.15, -0.1) is 0 Å². The lowest BCUT2D eigenvalue weighted by molar-refractivity contribution is 0.509. The summed E-state index contributed by atoms with van der Waals surface area (Å²) in [6, 6.07) is 3.09. The van der Waals surface area contributed by atoms with Gasteiger partial charge >= 0.3 is 0 Å². The first-order valence-corrected chi connectivity index (χ1v) is 8.68. The van der Waals surface area contributed by atoms with Crippen LogP contribution in [0.15, 0.2) is 12.1 Å².